The van der Waals surface area contributed by atoms with Crippen LogP contribution in [0.4, 0.5) is 5.69 Å². The summed E-state index contributed by atoms with van der Waals surface area (Å²) in [6.45, 7) is 2.09. The number of aliphatic imine (C=N–C) groups is 1. The van der Waals surface area contributed by atoms with Crippen LogP contribution in [-0.2, 0) is 10.0 Å². The Kier molecular flexibility index (Phi) is 3.76. The van der Waals surface area contributed by atoms with Crippen molar-refractivity contribution >= 4 is 33.0 Å². The topological polar surface area (TPSA) is 85.6 Å². The van der Waals surface area contributed by atoms with Gasteiger partial charge in [0.25, 0.3) is 10.0 Å². The highest BCUT2D eigenvalue weighted by molar-refractivity contribution is 7.90. The Morgan fingerprint density at radius 3 is 3.00 bits per heavy atom. The number of para-hydroxylation sites is 1. The van der Waals surface area contributed by atoms with E-state index in [0.717, 1.165) is 30.6 Å². The van der Waals surface area contributed by atoms with Gasteiger partial charge >= 0.3 is 0 Å². The molecule has 1 saturated heterocycles. The molecule has 0 bridgehead atoms. The molecule has 1 atom stereocenters. The molecule has 1 fully saturated rings. The summed E-state index contributed by atoms with van der Waals surface area (Å²) in [6, 6.07) is 8.53. The third-order valence-electron chi connectivity index (χ3n) is 5.09. The molecule has 1 N–H and O–H groups in total. The second kappa shape index (κ2) is 6.17. The molecule has 4 heterocycles. The van der Waals surface area contributed by atoms with Crippen LogP contribution in [0, 0.1) is 0 Å². The van der Waals surface area contributed by atoms with Crippen LogP contribution in [0.25, 0.3) is 11.0 Å². The zero-order valence-corrected chi connectivity index (χ0v) is 15.3. The summed E-state index contributed by atoms with van der Waals surface area (Å²) in [5, 5.41) is 3.33. The summed E-state index contributed by atoms with van der Waals surface area (Å²) in [5.74, 6) is 0.735. The predicted octanol–water partition coefficient (Wildman–Crippen LogP) is 2.44. The number of nitrogens with zero attached hydrogens (tertiary/aromatic N) is 3. The molecule has 2 aliphatic heterocycles. The molecule has 8 heteroatoms. The van der Waals surface area contributed by atoms with Gasteiger partial charge < -0.3 is 10.1 Å². The zero-order chi connectivity index (χ0) is 18.4. The van der Waals surface area contributed by atoms with Gasteiger partial charge in [0.15, 0.2) is 0 Å². The molecule has 0 spiro atoms. The average Bonchev–Trinajstić information content (AvgIpc) is 3.35. The molecule has 2 aromatic heterocycles. The van der Waals surface area contributed by atoms with Crippen molar-refractivity contribution in [2.75, 3.05) is 19.7 Å². The van der Waals surface area contributed by atoms with E-state index in [0.29, 0.717) is 23.6 Å². The van der Waals surface area contributed by atoms with Crippen molar-refractivity contribution in [2.45, 2.75) is 17.2 Å². The van der Waals surface area contributed by atoms with Gasteiger partial charge in [-0.05, 0) is 37.2 Å². The fraction of sp³-hybridized carbons (Fsp3) is 0.263. The first kappa shape index (κ1) is 16.5. The number of fused-ring (bicyclic) bond motifs is 2. The maximum absolute atomic E-state index is 13.5. The monoisotopic (exact) mass is 382 g/mol. The number of pyridine rings is 1. The molecular weight excluding hydrogens is 364 g/mol. The number of hydrogen-bond acceptors (Lipinski definition) is 6. The number of hydrogen-bond donors (Lipinski definition) is 1. The summed E-state index contributed by atoms with van der Waals surface area (Å²) < 4.78 is 33.9. The second-order valence-corrected chi connectivity index (χ2v) is 8.46. The van der Waals surface area contributed by atoms with Gasteiger partial charge in [-0.25, -0.2) is 12.4 Å². The normalized spacial score (nSPS) is 19.2. The molecule has 138 valence electrons. The molecule has 0 aliphatic carbocycles. The lowest BCUT2D eigenvalue weighted by atomic mass is 10.0. The van der Waals surface area contributed by atoms with Crippen molar-refractivity contribution in [2.24, 2.45) is 4.99 Å². The van der Waals surface area contributed by atoms with E-state index in [9.17, 15) is 8.42 Å². The molecule has 0 radical (unpaired) electrons. The quantitative estimate of drug-likeness (QED) is 0.752. The van der Waals surface area contributed by atoms with Crippen molar-refractivity contribution in [1.29, 1.82) is 0 Å². The maximum Gasteiger partial charge on any atom is 0.270 e. The minimum atomic E-state index is -3.85. The molecule has 1 aromatic carbocycles. The number of aromatic nitrogens is 2. The van der Waals surface area contributed by atoms with Gasteiger partial charge in [-0.2, -0.15) is 0 Å². The third-order valence-corrected chi connectivity index (χ3v) is 6.79. The standard InChI is InChI=1S/C19H18N4O3S/c24-27(25,17-5-1-4-16-19(17)22-9-10-26-16)23-12-14(13-6-8-20-11-13)18-15(23)3-2-7-21-18/h1-5,7,9,12-13,20H,6,8,10-11H2. The van der Waals surface area contributed by atoms with Crippen LogP contribution in [-0.4, -0.2) is 43.3 Å². The largest absolute Gasteiger partial charge is 0.486 e. The zero-order valence-electron chi connectivity index (χ0n) is 14.5. The molecule has 0 amide bonds. The summed E-state index contributed by atoms with van der Waals surface area (Å²) in [7, 11) is -3.85. The van der Waals surface area contributed by atoms with E-state index < -0.39 is 10.0 Å². The van der Waals surface area contributed by atoms with Crippen LogP contribution in [0.1, 0.15) is 17.9 Å². The predicted molar refractivity (Wildman–Crippen MR) is 103 cm³/mol. The fourth-order valence-electron chi connectivity index (χ4n) is 3.79. The van der Waals surface area contributed by atoms with E-state index in [1.807, 2.05) is 0 Å². The molecule has 27 heavy (non-hydrogen) atoms. The van der Waals surface area contributed by atoms with Crippen molar-refractivity contribution < 1.29 is 13.2 Å². The Morgan fingerprint density at radius 2 is 2.15 bits per heavy atom. The van der Waals surface area contributed by atoms with E-state index >= 15 is 0 Å². The SMILES string of the molecule is O=S(=O)(c1cccc2c1N=CCO2)n1cc(C2CCNC2)c2ncccc21. The summed E-state index contributed by atoms with van der Waals surface area (Å²) in [5.41, 5.74) is 2.62. The smallest absolute Gasteiger partial charge is 0.270 e. The van der Waals surface area contributed by atoms with Crippen LogP contribution in [0.2, 0.25) is 0 Å². The molecule has 5 rings (SSSR count). The highest BCUT2D eigenvalue weighted by Crippen LogP contribution is 2.39. The maximum atomic E-state index is 13.5. The Hall–Kier alpha value is -2.71. The van der Waals surface area contributed by atoms with E-state index in [1.165, 1.54) is 3.97 Å². The van der Waals surface area contributed by atoms with Gasteiger partial charge in [-0.1, -0.05) is 6.07 Å². The van der Waals surface area contributed by atoms with Crippen LogP contribution < -0.4 is 10.1 Å². The molecule has 2 aliphatic rings. The van der Waals surface area contributed by atoms with Gasteiger partial charge in [0, 0.05) is 36.6 Å². The van der Waals surface area contributed by atoms with Crippen molar-refractivity contribution in [3.8, 4) is 5.75 Å². The van der Waals surface area contributed by atoms with Crippen LogP contribution in [0.3, 0.4) is 0 Å². The lowest BCUT2D eigenvalue weighted by Gasteiger charge is -2.16. The Morgan fingerprint density at radius 1 is 1.22 bits per heavy atom. The Bertz CT molecular complexity index is 1160. The minimum Gasteiger partial charge on any atom is -0.486 e. The highest BCUT2D eigenvalue weighted by Gasteiger charge is 2.29. The number of nitrogens with one attached hydrogen (secondary N) is 1. The van der Waals surface area contributed by atoms with Gasteiger partial charge in [0.05, 0.1) is 11.0 Å². The van der Waals surface area contributed by atoms with E-state index in [4.69, 9.17) is 4.74 Å². The van der Waals surface area contributed by atoms with Crippen LogP contribution >= 0.6 is 0 Å². The van der Waals surface area contributed by atoms with Crippen molar-refractivity contribution in [3.63, 3.8) is 0 Å². The Labute approximate surface area is 156 Å². The summed E-state index contributed by atoms with van der Waals surface area (Å²) in [4.78, 5) is 8.89. The van der Waals surface area contributed by atoms with Crippen molar-refractivity contribution in [1.82, 2.24) is 14.3 Å². The van der Waals surface area contributed by atoms with Gasteiger partial charge in [-0.3, -0.25) is 9.98 Å². The van der Waals surface area contributed by atoms with Gasteiger partial charge in [-0.15, -0.1) is 0 Å². The molecule has 7 nitrogen and oxygen atoms in total. The average molecular weight is 382 g/mol. The van der Waals surface area contributed by atoms with Gasteiger partial charge in [0.2, 0.25) is 0 Å². The lowest BCUT2D eigenvalue weighted by Crippen LogP contribution is -2.14. The van der Waals surface area contributed by atoms with E-state index in [1.54, 1.807) is 48.9 Å². The lowest BCUT2D eigenvalue weighted by molar-refractivity contribution is 0.375. The molecule has 3 aromatic rings. The van der Waals surface area contributed by atoms with E-state index in [2.05, 4.69) is 15.3 Å². The molecule has 1 unspecified atom stereocenters. The molecular formula is C19H18N4O3S. The highest BCUT2D eigenvalue weighted by atomic mass is 32.2. The first-order valence-electron chi connectivity index (χ1n) is 8.87. The summed E-state index contributed by atoms with van der Waals surface area (Å²) in [6.07, 6.45) is 5.96. The first-order valence-corrected chi connectivity index (χ1v) is 10.3. The van der Waals surface area contributed by atoms with Gasteiger partial charge in [0.1, 0.15) is 22.9 Å². The minimum absolute atomic E-state index is 0.132. The first-order chi connectivity index (χ1) is 13.2. The fourth-order valence-corrected chi connectivity index (χ4v) is 5.31. The van der Waals surface area contributed by atoms with E-state index in [-0.39, 0.29) is 10.8 Å². The van der Waals surface area contributed by atoms with Crippen molar-refractivity contribution in [3.05, 3.63) is 48.3 Å². The number of rotatable bonds is 3. The molecule has 0 saturated carbocycles. The third kappa shape index (κ3) is 2.55. The second-order valence-electron chi connectivity index (χ2n) is 6.67. The van der Waals surface area contributed by atoms with Crippen LogP contribution in [0.5, 0.6) is 5.75 Å². The number of benzene rings is 1. The summed E-state index contributed by atoms with van der Waals surface area (Å²) >= 11 is 0. The Balaban J connectivity index is 1.73. The van der Waals surface area contributed by atoms with Crippen LogP contribution in [0.15, 0.2) is 52.6 Å². The number of ether oxygens (including phenoxy) is 1.